The summed E-state index contributed by atoms with van der Waals surface area (Å²) in [5.74, 6) is -1.26. The molecule has 0 aromatic heterocycles. The van der Waals surface area contributed by atoms with Crippen LogP contribution < -0.4 is 0 Å². The minimum Gasteiger partial charge on any atom is -0.481 e. The molecule has 88 valence electrons. The molecular formula is C11H20O4. The van der Waals surface area contributed by atoms with Gasteiger partial charge in [0.15, 0.2) is 0 Å². The van der Waals surface area contributed by atoms with Gasteiger partial charge in [-0.1, -0.05) is 6.92 Å². The van der Waals surface area contributed by atoms with Crippen molar-refractivity contribution in [3.8, 4) is 0 Å². The van der Waals surface area contributed by atoms with Gasteiger partial charge in [0.25, 0.3) is 0 Å². The lowest BCUT2D eigenvalue weighted by atomic mass is 10.0. The first kappa shape index (κ1) is 12.5. The van der Waals surface area contributed by atoms with Crippen molar-refractivity contribution in [2.24, 2.45) is 5.92 Å². The highest BCUT2D eigenvalue weighted by Gasteiger charge is 2.33. The Morgan fingerprint density at radius 2 is 2.20 bits per heavy atom. The van der Waals surface area contributed by atoms with E-state index in [0.29, 0.717) is 6.42 Å². The molecule has 1 fully saturated rings. The van der Waals surface area contributed by atoms with Gasteiger partial charge in [0.2, 0.25) is 0 Å². The van der Waals surface area contributed by atoms with Crippen LogP contribution in [0.2, 0.25) is 0 Å². The Labute approximate surface area is 90.2 Å². The van der Waals surface area contributed by atoms with Crippen LogP contribution in [0.1, 0.15) is 39.5 Å². The van der Waals surface area contributed by atoms with Crippen molar-refractivity contribution in [1.82, 2.24) is 0 Å². The molecule has 0 aromatic carbocycles. The zero-order valence-corrected chi connectivity index (χ0v) is 9.35. The molecule has 1 aliphatic heterocycles. The van der Waals surface area contributed by atoms with Crippen molar-refractivity contribution in [1.29, 1.82) is 0 Å². The summed E-state index contributed by atoms with van der Waals surface area (Å²) in [6.45, 7) is 3.60. The summed E-state index contributed by atoms with van der Waals surface area (Å²) in [6.07, 6.45) is 2.52. The Bertz CT molecular complexity index is 217. The summed E-state index contributed by atoms with van der Waals surface area (Å²) in [6, 6.07) is 0. The zero-order chi connectivity index (χ0) is 11.4. The van der Waals surface area contributed by atoms with Crippen molar-refractivity contribution in [2.75, 3.05) is 0 Å². The van der Waals surface area contributed by atoms with E-state index in [1.54, 1.807) is 6.92 Å². The largest absolute Gasteiger partial charge is 0.481 e. The highest BCUT2D eigenvalue weighted by atomic mass is 16.5. The van der Waals surface area contributed by atoms with Crippen molar-refractivity contribution >= 4 is 5.97 Å². The van der Waals surface area contributed by atoms with E-state index in [4.69, 9.17) is 9.84 Å². The number of carboxylic acid groups (broad SMARTS) is 1. The molecule has 4 atom stereocenters. The number of hydrogen-bond donors (Lipinski definition) is 2. The highest BCUT2D eigenvalue weighted by molar-refractivity contribution is 5.70. The van der Waals surface area contributed by atoms with Gasteiger partial charge in [0, 0.05) is 0 Å². The lowest BCUT2D eigenvalue weighted by Crippen LogP contribution is -2.26. The zero-order valence-electron chi connectivity index (χ0n) is 9.35. The molecule has 1 aliphatic rings. The van der Waals surface area contributed by atoms with Crippen molar-refractivity contribution in [3.63, 3.8) is 0 Å². The van der Waals surface area contributed by atoms with Gasteiger partial charge < -0.3 is 14.9 Å². The number of aliphatic hydroxyl groups is 1. The number of aliphatic carboxylic acids is 1. The van der Waals surface area contributed by atoms with Gasteiger partial charge in [-0.25, -0.2) is 0 Å². The molecular weight excluding hydrogens is 196 g/mol. The molecule has 0 spiro atoms. The second-order valence-electron chi connectivity index (χ2n) is 4.30. The first-order valence-electron chi connectivity index (χ1n) is 5.61. The van der Waals surface area contributed by atoms with Crippen LogP contribution >= 0.6 is 0 Å². The Morgan fingerprint density at radius 3 is 2.73 bits per heavy atom. The molecule has 1 rings (SSSR count). The second-order valence-corrected chi connectivity index (χ2v) is 4.30. The van der Waals surface area contributed by atoms with E-state index >= 15 is 0 Å². The average molecular weight is 216 g/mol. The van der Waals surface area contributed by atoms with E-state index in [9.17, 15) is 9.90 Å². The van der Waals surface area contributed by atoms with Crippen LogP contribution in [0.4, 0.5) is 0 Å². The summed E-state index contributed by atoms with van der Waals surface area (Å²) in [7, 11) is 0. The van der Waals surface area contributed by atoms with Crippen LogP contribution in [0.5, 0.6) is 0 Å². The molecule has 0 amide bonds. The number of aliphatic hydroxyl groups excluding tert-OH is 1. The van der Waals surface area contributed by atoms with Crippen LogP contribution in [0, 0.1) is 5.92 Å². The fourth-order valence-electron chi connectivity index (χ4n) is 1.90. The number of carboxylic acids is 1. The molecule has 4 nitrogen and oxygen atoms in total. The molecule has 15 heavy (non-hydrogen) atoms. The molecule has 1 heterocycles. The maximum atomic E-state index is 10.7. The maximum Gasteiger partial charge on any atom is 0.308 e. The van der Waals surface area contributed by atoms with E-state index in [2.05, 4.69) is 0 Å². The Kier molecular flexibility index (Phi) is 4.54. The Morgan fingerprint density at radius 1 is 1.53 bits per heavy atom. The first-order valence-corrected chi connectivity index (χ1v) is 5.61. The molecule has 0 saturated carbocycles. The molecule has 0 unspecified atom stereocenters. The van der Waals surface area contributed by atoms with E-state index < -0.39 is 11.9 Å². The van der Waals surface area contributed by atoms with Gasteiger partial charge in [-0.15, -0.1) is 0 Å². The highest BCUT2D eigenvalue weighted by Crippen LogP contribution is 2.28. The van der Waals surface area contributed by atoms with Crippen molar-refractivity contribution < 1.29 is 19.7 Å². The van der Waals surface area contributed by atoms with E-state index in [-0.39, 0.29) is 18.3 Å². The lowest BCUT2D eigenvalue weighted by Gasteiger charge is -2.18. The summed E-state index contributed by atoms with van der Waals surface area (Å²) in [5, 5.41) is 18.3. The number of carbonyl (C=O) groups is 1. The summed E-state index contributed by atoms with van der Waals surface area (Å²) < 4.78 is 5.62. The Hall–Kier alpha value is -0.610. The van der Waals surface area contributed by atoms with Gasteiger partial charge in [0.1, 0.15) is 0 Å². The summed E-state index contributed by atoms with van der Waals surface area (Å²) in [4.78, 5) is 10.7. The van der Waals surface area contributed by atoms with Crippen LogP contribution in [0.25, 0.3) is 0 Å². The van der Waals surface area contributed by atoms with Gasteiger partial charge in [-0.3, -0.25) is 4.79 Å². The molecule has 0 bridgehead atoms. The minimum absolute atomic E-state index is 0.0340. The second kappa shape index (κ2) is 5.47. The monoisotopic (exact) mass is 216 g/mol. The minimum atomic E-state index is -0.809. The third-order valence-electron chi connectivity index (χ3n) is 3.09. The van der Waals surface area contributed by atoms with Crippen LogP contribution in [0.3, 0.4) is 0 Å². The number of ether oxygens (including phenoxy) is 1. The molecule has 0 aliphatic carbocycles. The SMILES string of the molecule is CC[C@H](O)C[C@@H]1CC[C@@H]([C@@H](C)C(=O)O)O1. The molecule has 1 saturated heterocycles. The van der Waals surface area contributed by atoms with Gasteiger partial charge in [-0.05, 0) is 32.6 Å². The fraction of sp³-hybridized carbons (Fsp3) is 0.909. The third-order valence-corrected chi connectivity index (χ3v) is 3.09. The molecule has 0 aromatic rings. The van der Waals surface area contributed by atoms with E-state index in [0.717, 1.165) is 19.3 Å². The molecule has 4 heteroatoms. The Balaban J connectivity index is 2.35. The van der Waals surface area contributed by atoms with Crippen LogP contribution in [0.15, 0.2) is 0 Å². The fourth-order valence-corrected chi connectivity index (χ4v) is 1.90. The van der Waals surface area contributed by atoms with Crippen LogP contribution in [-0.4, -0.2) is 34.5 Å². The average Bonchev–Trinajstić information content (AvgIpc) is 2.64. The quantitative estimate of drug-likeness (QED) is 0.729. The van der Waals surface area contributed by atoms with Crippen molar-refractivity contribution in [2.45, 2.75) is 57.8 Å². The molecule has 0 radical (unpaired) electrons. The lowest BCUT2D eigenvalue weighted by molar-refractivity contribution is -0.146. The first-order chi connectivity index (χ1) is 7.04. The summed E-state index contributed by atoms with van der Waals surface area (Å²) >= 11 is 0. The van der Waals surface area contributed by atoms with Crippen LogP contribution in [-0.2, 0) is 9.53 Å². The predicted molar refractivity (Wildman–Crippen MR) is 55.6 cm³/mol. The maximum absolute atomic E-state index is 10.7. The topological polar surface area (TPSA) is 66.8 Å². The van der Waals surface area contributed by atoms with E-state index in [1.807, 2.05) is 6.92 Å². The molecule has 2 N–H and O–H groups in total. The van der Waals surface area contributed by atoms with Gasteiger partial charge in [-0.2, -0.15) is 0 Å². The smallest absolute Gasteiger partial charge is 0.308 e. The normalized spacial score (nSPS) is 30.1. The van der Waals surface area contributed by atoms with E-state index in [1.165, 1.54) is 0 Å². The number of rotatable bonds is 5. The summed E-state index contributed by atoms with van der Waals surface area (Å²) in [5.41, 5.74) is 0. The van der Waals surface area contributed by atoms with Gasteiger partial charge in [0.05, 0.1) is 24.2 Å². The van der Waals surface area contributed by atoms with Gasteiger partial charge >= 0.3 is 5.97 Å². The standard InChI is InChI=1S/C11H20O4/c1-3-8(12)6-9-4-5-10(15-9)7(2)11(13)14/h7-10,12H,3-6H2,1-2H3,(H,13,14)/t7-,8+,9+,10+/m1/s1. The van der Waals surface area contributed by atoms with Crippen molar-refractivity contribution in [3.05, 3.63) is 0 Å². The number of hydrogen-bond acceptors (Lipinski definition) is 3. The predicted octanol–water partition coefficient (Wildman–Crippen LogP) is 1.42. The third kappa shape index (κ3) is 3.47.